The Labute approximate surface area is 151 Å². The Morgan fingerprint density at radius 2 is 1.88 bits per heavy atom. The van der Waals surface area contributed by atoms with Crippen LogP contribution >= 0.6 is 11.3 Å². The molecule has 0 saturated carbocycles. The number of methoxy groups -OCH3 is 1. The minimum atomic E-state index is 0.374. The number of nitrogens with two attached hydrogens (primary N) is 1. The first-order valence-corrected chi connectivity index (χ1v) is 8.70. The number of rotatable bonds is 5. The van der Waals surface area contributed by atoms with E-state index in [0.29, 0.717) is 12.5 Å². The lowest BCUT2D eigenvalue weighted by molar-refractivity contribution is 0.415. The SMILES string of the molecule is COc1ccc(NC(N)=NCc2sc(-c3ccccc3)nc2C)cc1. The molecular formula is C19H20N4OS. The fourth-order valence-electron chi connectivity index (χ4n) is 2.30. The zero-order chi connectivity index (χ0) is 17.6. The number of ether oxygens (including phenoxy) is 1. The van der Waals surface area contributed by atoms with Gasteiger partial charge in [0.25, 0.3) is 0 Å². The Balaban J connectivity index is 1.67. The number of aromatic nitrogens is 1. The van der Waals surface area contributed by atoms with Gasteiger partial charge in [0.15, 0.2) is 5.96 Å². The summed E-state index contributed by atoms with van der Waals surface area (Å²) < 4.78 is 5.14. The number of anilines is 1. The summed E-state index contributed by atoms with van der Waals surface area (Å²) in [6, 6.07) is 17.7. The van der Waals surface area contributed by atoms with E-state index in [2.05, 4.69) is 27.4 Å². The van der Waals surface area contributed by atoms with Crippen LogP contribution in [0.1, 0.15) is 10.6 Å². The summed E-state index contributed by atoms with van der Waals surface area (Å²) >= 11 is 1.65. The molecule has 0 bridgehead atoms. The van der Waals surface area contributed by atoms with Crippen molar-refractivity contribution in [2.75, 3.05) is 12.4 Å². The van der Waals surface area contributed by atoms with Gasteiger partial charge in [-0.3, -0.25) is 0 Å². The van der Waals surface area contributed by atoms with Crippen LogP contribution in [0, 0.1) is 6.92 Å². The van der Waals surface area contributed by atoms with Crippen molar-refractivity contribution in [3.8, 4) is 16.3 Å². The Morgan fingerprint density at radius 1 is 1.16 bits per heavy atom. The third-order valence-corrected chi connectivity index (χ3v) is 4.86. The van der Waals surface area contributed by atoms with Crippen LogP contribution in [0.5, 0.6) is 5.75 Å². The maximum Gasteiger partial charge on any atom is 0.193 e. The molecule has 2 aromatic carbocycles. The topological polar surface area (TPSA) is 72.5 Å². The zero-order valence-corrected chi connectivity index (χ0v) is 15.0. The molecule has 0 spiro atoms. The quantitative estimate of drug-likeness (QED) is 0.537. The minimum absolute atomic E-state index is 0.374. The van der Waals surface area contributed by atoms with Crippen molar-refractivity contribution in [3.05, 3.63) is 65.2 Å². The van der Waals surface area contributed by atoms with E-state index in [4.69, 9.17) is 10.5 Å². The van der Waals surface area contributed by atoms with Gasteiger partial charge in [-0.05, 0) is 31.2 Å². The van der Waals surface area contributed by atoms with Crippen LogP contribution in [0.15, 0.2) is 59.6 Å². The molecule has 1 aromatic heterocycles. The van der Waals surface area contributed by atoms with Crippen LogP contribution in [0.2, 0.25) is 0 Å². The van der Waals surface area contributed by atoms with Crippen LogP contribution < -0.4 is 15.8 Å². The lowest BCUT2D eigenvalue weighted by atomic mass is 10.2. The van der Waals surface area contributed by atoms with Crippen molar-refractivity contribution in [1.29, 1.82) is 0 Å². The van der Waals surface area contributed by atoms with E-state index in [1.807, 2.05) is 49.4 Å². The fraction of sp³-hybridized carbons (Fsp3) is 0.158. The Morgan fingerprint density at radius 3 is 2.56 bits per heavy atom. The number of aliphatic imine (C=N–C) groups is 1. The third kappa shape index (κ3) is 4.36. The lowest BCUT2D eigenvalue weighted by Gasteiger charge is -2.06. The van der Waals surface area contributed by atoms with Gasteiger partial charge in [0.1, 0.15) is 10.8 Å². The smallest absolute Gasteiger partial charge is 0.193 e. The van der Waals surface area contributed by atoms with Gasteiger partial charge in [-0.25, -0.2) is 9.98 Å². The number of benzene rings is 2. The van der Waals surface area contributed by atoms with Crippen LogP contribution in [0.4, 0.5) is 5.69 Å². The zero-order valence-electron chi connectivity index (χ0n) is 14.2. The number of nitrogens with zero attached hydrogens (tertiary/aromatic N) is 2. The number of hydrogen-bond acceptors (Lipinski definition) is 4. The Bertz CT molecular complexity index is 857. The van der Waals surface area contributed by atoms with Crippen molar-refractivity contribution >= 4 is 23.0 Å². The molecule has 0 saturated heterocycles. The van der Waals surface area contributed by atoms with Gasteiger partial charge in [-0.1, -0.05) is 30.3 Å². The summed E-state index contributed by atoms with van der Waals surface area (Å²) in [5.74, 6) is 1.18. The largest absolute Gasteiger partial charge is 0.497 e. The molecule has 0 radical (unpaired) electrons. The van der Waals surface area contributed by atoms with Gasteiger partial charge in [-0.2, -0.15) is 0 Å². The number of nitrogens with one attached hydrogen (secondary N) is 1. The van der Waals surface area contributed by atoms with Gasteiger partial charge < -0.3 is 15.8 Å². The van der Waals surface area contributed by atoms with Crippen LogP contribution in [-0.4, -0.2) is 18.1 Å². The summed E-state index contributed by atoms with van der Waals surface area (Å²) in [5.41, 5.74) is 8.96. The molecule has 0 aliphatic rings. The second kappa shape index (κ2) is 7.81. The van der Waals surface area contributed by atoms with Crippen molar-refractivity contribution in [3.63, 3.8) is 0 Å². The van der Waals surface area contributed by atoms with E-state index < -0.39 is 0 Å². The molecule has 5 nitrogen and oxygen atoms in total. The minimum Gasteiger partial charge on any atom is -0.497 e. The average Bonchev–Trinajstić information content (AvgIpc) is 3.02. The molecule has 128 valence electrons. The van der Waals surface area contributed by atoms with Gasteiger partial charge in [0.2, 0.25) is 0 Å². The standard InChI is InChI=1S/C19H20N4OS/c1-13-17(25-18(22-13)14-6-4-3-5-7-14)12-21-19(20)23-15-8-10-16(24-2)11-9-15/h3-11H,12H2,1-2H3,(H3,20,21,23). The van der Waals surface area contributed by atoms with Gasteiger partial charge in [0, 0.05) is 16.1 Å². The second-order valence-corrected chi connectivity index (χ2v) is 6.53. The molecular weight excluding hydrogens is 332 g/mol. The molecule has 3 aromatic rings. The highest BCUT2D eigenvalue weighted by molar-refractivity contribution is 7.15. The van der Waals surface area contributed by atoms with E-state index in [-0.39, 0.29) is 0 Å². The predicted molar refractivity (Wildman–Crippen MR) is 104 cm³/mol. The highest BCUT2D eigenvalue weighted by atomic mass is 32.1. The summed E-state index contributed by atoms with van der Waals surface area (Å²) in [7, 11) is 1.64. The first kappa shape index (κ1) is 17.0. The normalized spacial score (nSPS) is 11.4. The molecule has 3 rings (SSSR count). The monoisotopic (exact) mass is 352 g/mol. The summed E-state index contributed by atoms with van der Waals surface area (Å²) in [4.78, 5) is 10.2. The molecule has 1 heterocycles. The van der Waals surface area contributed by atoms with Crippen LogP contribution in [0.3, 0.4) is 0 Å². The van der Waals surface area contributed by atoms with Gasteiger partial charge in [0.05, 0.1) is 19.3 Å². The van der Waals surface area contributed by atoms with E-state index in [0.717, 1.165) is 32.6 Å². The first-order chi connectivity index (χ1) is 12.2. The van der Waals surface area contributed by atoms with E-state index in [1.54, 1.807) is 18.4 Å². The fourth-order valence-corrected chi connectivity index (χ4v) is 3.29. The third-order valence-electron chi connectivity index (χ3n) is 3.67. The van der Waals surface area contributed by atoms with E-state index in [1.165, 1.54) is 0 Å². The van der Waals surface area contributed by atoms with E-state index in [9.17, 15) is 0 Å². The molecule has 6 heteroatoms. The van der Waals surface area contributed by atoms with Crippen molar-refractivity contribution in [2.45, 2.75) is 13.5 Å². The maximum absolute atomic E-state index is 5.98. The highest BCUT2D eigenvalue weighted by Crippen LogP contribution is 2.28. The van der Waals surface area contributed by atoms with Crippen molar-refractivity contribution in [1.82, 2.24) is 4.98 Å². The lowest BCUT2D eigenvalue weighted by Crippen LogP contribution is -2.22. The Hall–Kier alpha value is -2.86. The second-order valence-electron chi connectivity index (χ2n) is 5.45. The average molecular weight is 352 g/mol. The molecule has 0 fully saturated rings. The number of aryl methyl sites for hydroxylation is 1. The first-order valence-electron chi connectivity index (χ1n) is 7.88. The van der Waals surface area contributed by atoms with Crippen LogP contribution in [0.25, 0.3) is 10.6 Å². The van der Waals surface area contributed by atoms with Gasteiger partial charge in [-0.15, -0.1) is 11.3 Å². The number of thiazole rings is 1. The van der Waals surface area contributed by atoms with Crippen molar-refractivity contribution in [2.24, 2.45) is 10.7 Å². The molecule has 0 amide bonds. The number of hydrogen-bond donors (Lipinski definition) is 2. The molecule has 3 N–H and O–H groups in total. The predicted octanol–water partition coefficient (Wildman–Crippen LogP) is 4.05. The number of guanidine groups is 1. The van der Waals surface area contributed by atoms with Gasteiger partial charge >= 0.3 is 0 Å². The summed E-state index contributed by atoms with van der Waals surface area (Å²) in [5, 5.41) is 4.08. The van der Waals surface area contributed by atoms with Crippen molar-refractivity contribution < 1.29 is 4.74 Å². The summed E-state index contributed by atoms with van der Waals surface area (Å²) in [6.07, 6.45) is 0. The maximum atomic E-state index is 5.98. The summed E-state index contributed by atoms with van der Waals surface area (Å²) in [6.45, 7) is 2.51. The highest BCUT2D eigenvalue weighted by Gasteiger charge is 2.09. The van der Waals surface area contributed by atoms with E-state index >= 15 is 0 Å². The Kier molecular flexibility index (Phi) is 5.30. The molecule has 0 aliphatic heterocycles. The van der Waals surface area contributed by atoms with Crippen LogP contribution in [-0.2, 0) is 6.54 Å². The molecule has 0 aliphatic carbocycles. The molecule has 0 unspecified atom stereocenters. The molecule has 25 heavy (non-hydrogen) atoms. The molecule has 0 atom stereocenters.